The van der Waals surface area contributed by atoms with Gasteiger partial charge in [0.25, 0.3) is 0 Å². The van der Waals surface area contributed by atoms with Crippen LogP contribution in [0.15, 0.2) is 34.8 Å². The van der Waals surface area contributed by atoms with Gasteiger partial charge in [0, 0.05) is 5.56 Å². The fraction of sp³-hybridized carbons (Fsp3) is 0.133. The van der Waals surface area contributed by atoms with Crippen LogP contribution in [-0.2, 0) is 0 Å². The molecule has 0 aliphatic heterocycles. The van der Waals surface area contributed by atoms with E-state index in [9.17, 15) is 13.6 Å². The minimum atomic E-state index is -0.735. The highest BCUT2D eigenvalue weighted by molar-refractivity contribution is 9.10. The van der Waals surface area contributed by atoms with E-state index in [1.165, 1.54) is 0 Å². The highest BCUT2D eigenvalue weighted by atomic mass is 79.9. The zero-order valence-corrected chi connectivity index (χ0v) is 12.0. The lowest BCUT2D eigenvalue weighted by Gasteiger charge is -2.10. The summed E-state index contributed by atoms with van der Waals surface area (Å²) < 4.78 is 27.3. The lowest BCUT2D eigenvalue weighted by atomic mass is 9.94. The number of benzene rings is 2. The minimum Gasteiger partial charge on any atom is -0.288 e. The first-order valence-corrected chi connectivity index (χ1v) is 6.46. The van der Waals surface area contributed by atoms with Crippen molar-refractivity contribution in [2.45, 2.75) is 13.8 Å². The molecule has 4 heteroatoms. The van der Waals surface area contributed by atoms with E-state index in [0.717, 1.165) is 23.3 Å². The van der Waals surface area contributed by atoms with Gasteiger partial charge in [-0.2, -0.15) is 0 Å². The second-order valence-corrected chi connectivity index (χ2v) is 5.20. The van der Waals surface area contributed by atoms with Gasteiger partial charge >= 0.3 is 0 Å². The monoisotopic (exact) mass is 324 g/mol. The number of hydrogen-bond donors (Lipinski definition) is 0. The summed E-state index contributed by atoms with van der Waals surface area (Å²) in [6.07, 6.45) is 0. The predicted molar refractivity (Wildman–Crippen MR) is 73.4 cm³/mol. The molecule has 1 nitrogen and oxygen atoms in total. The maximum atomic E-state index is 13.8. The average molecular weight is 325 g/mol. The SMILES string of the molecule is Cc1cccc(C)c1C(=O)c1cc(F)c(Br)cc1F. The predicted octanol–water partition coefficient (Wildman–Crippen LogP) is 4.58. The van der Waals surface area contributed by atoms with Gasteiger partial charge in [0.2, 0.25) is 0 Å². The van der Waals surface area contributed by atoms with Crippen molar-refractivity contribution in [2.75, 3.05) is 0 Å². The highest BCUT2D eigenvalue weighted by Gasteiger charge is 2.19. The smallest absolute Gasteiger partial charge is 0.196 e. The van der Waals surface area contributed by atoms with Crippen LogP contribution < -0.4 is 0 Å². The van der Waals surface area contributed by atoms with Gasteiger partial charge in [-0.3, -0.25) is 4.79 Å². The van der Waals surface area contributed by atoms with Crippen LogP contribution in [0.25, 0.3) is 0 Å². The van der Waals surface area contributed by atoms with Crippen molar-refractivity contribution in [3.05, 3.63) is 68.7 Å². The van der Waals surface area contributed by atoms with Crippen LogP contribution in [-0.4, -0.2) is 5.78 Å². The Morgan fingerprint density at radius 1 is 1.05 bits per heavy atom. The van der Waals surface area contributed by atoms with E-state index in [4.69, 9.17) is 0 Å². The summed E-state index contributed by atoms with van der Waals surface area (Å²) in [6.45, 7) is 3.54. The highest BCUT2D eigenvalue weighted by Crippen LogP contribution is 2.24. The quantitative estimate of drug-likeness (QED) is 0.584. The van der Waals surface area contributed by atoms with Crippen molar-refractivity contribution in [1.82, 2.24) is 0 Å². The lowest BCUT2D eigenvalue weighted by Crippen LogP contribution is -2.09. The van der Waals surface area contributed by atoms with Crippen molar-refractivity contribution < 1.29 is 13.6 Å². The summed E-state index contributed by atoms with van der Waals surface area (Å²) in [7, 11) is 0. The van der Waals surface area contributed by atoms with Crippen LogP contribution >= 0.6 is 15.9 Å². The Morgan fingerprint density at radius 2 is 1.63 bits per heavy atom. The van der Waals surface area contributed by atoms with Crippen LogP contribution in [0.2, 0.25) is 0 Å². The summed E-state index contributed by atoms with van der Waals surface area (Å²) in [5.74, 6) is -1.89. The Balaban J connectivity index is 2.60. The van der Waals surface area contributed by atoms with Gasteiger partial charge in [-0.1, -0.05) is 18.2 Å². The molecule has 0 aliphatic carbocycles. The molecule has 0 atom stereocenters. The van der Waals surface area contributed by atoms with E-state index < -0.39 is 17.4 Å². The Labute approximate surface area is 118 Å². The number of halogens is 3. The van der Waals surface area contributed by atoms with Gasteiger partial charge in [0.1, 0.15) is 11.6 Å². The molecule has 0 fully saturated rings. The lowest BCUT2D eigenvalue weighted by molar-refractivity contribution is 0.103. The molecule has 0 saturated carbocycles. The third-order valence-corrected chi connectivity index (χ3v) is 3.57. The number of carbonyl (C=O) groups is 1. The van der Waals surface area contributed by atoms with Crippen LogP contribution in [0.5, 0.6) is 0 Å². The molecule has 0 bridgehead atoms. The van der Waals surface area contributed by atoms with E-state index in [-0.39, 0.29) is 10.0 Å². The summed E-state index contributed by atoms with van der Waals surface area (Å²) >= 11 is 2.89. The van der Waals surface area contributed by atoms with Gasteiger partial charge in [0.05, 0.1) is 10.0 Å². The number of hydrogen-bond acceptors (Lipinski definition) is 1. The molecule has 0 unspecified atom stereocenters. The topological polar surface area (TPSA) is 17.1 Å². The van der Waals surface area contributed by atoms with Gasteiger partial charge in [0.15, 0.2) is 5.78 Å². The average Bonchev–Trinajstić information content (AvgIpc) is 2.33. The molecule has 2 aromatic carbocycles. The molecule has 0 saturated heterocycles. The molecule has 2 rings (SSSR count). The zero-order chi connectivity index (χ0) is 14.2. The van der Waals surface area contributed by atoms with Gasteiger partial charge in [-0.05, 0) is 53.0 Å². The van der Waals surface area contributed by atoms with Crippen LogP contribution in [0, 0.1) is 25.5 Å². The maximum Gasteiger partial charge on any atom is 0.196 e. The Bertz CT molecular complexity index is 645. The molecule has 0 aromatic heterocycles. The Morgan fingerprint density at radius 3 is 2.21 bits per heavy atom. The molecule has 0 radical (unpaired) electrons. The normalized spacial score (nSPS) is 10.6. The van der Waals surface area contributed by atoms with Gasteiger partial charge in [-0.15, -0.1) is 0 Å². The van der Waals surface area contributed by atoms with Crippen LogP contribution in [0.4, 0.5) is 8.78 Å². The molecule has 2 aromatic rings. The molecule has 19 heavy (non-hydrogen) atoms. The standard InChI is InChI=1S/C15H11BrF2O/c1-8-4-3-5-9(2)14(8)15(19)10-6-13(18)11(16)7-12(10)17/h3-7H,1-2H3. The summed E-state index contributed by atoms with van der Waals surface area (Å²) in [4.78, 5) is 12.4. The van der Waals surface area contributed by atoms with Crippen molar-refractivity contribution >= 4 is 21.7 Å². The first kappa shape index (κ1) is 13.9. The van der Waals surface area contributed by atoms with E-state index >= 15 is 0 Å². The van der Waals surface area contributed by atoms with E-state index in [2.05, 4.69) is 15.9 Å². The van der Waals surface area contributed by atoms with Crippen molar-refractivity contribution in [3.63, 3.8) is 0 Å². The molecule has 0 heterocycles. The number of carbonyl (C=O) groups excluding carboxylic acids is 1. The summed E-state index contributed by atoms with van der Waals surface area (Å²) in [5, 5.41) is 0. The summed E-state index contributed by atoms with van der Waals surface area (Å²) in [6, 6.07) is 7.25. The first-order valence-electron chi connectivity index (χ1n) is 5.67. The second-order valence-electron chi connectivity index (χ2n) is 4.34. The number of aryl methyl sites for hydroxylation is 2. The van der Waals surface area contributed by atoms with Gasteiger partial charge < -0.3 is 0 Å². The van der Waals surface area contributed by atoms with E-state index in [0.29, 0.717) is 5.56 Å². The minimum absolute atomic E-state index is 0.00283. The third kappa shape index (κ3) is 2.59. The van der Waals surface area contributed by atoms with Crippen LogP contribution in [0.3, 0.4) is 0 Å². The number of ketones is 1. The molecular formula is C15H11BrF2O. The number of rotatable bonds is 2. The molecule has 0 spiro atoms. The molecule has 0 N–H and O–H groups in total. The zero-order valence-electron chi connectivity index (χ0n) is 10.4. The van der Waals surface area contributed by atoms with E-state index in [1.54, 1.807) is 26.0 Å². The van der Waals surface area contributed by atoms with Crippen LogP contribution in [0.1, 0.15) is 27.0 Å². The maximum absolute atomic E-state index is 13.8. The van der Waals surface area contributed by atoms with Crippen molar-refractivity contribution in [2.24, 2.45) is 0 Å². The van der Waals surface area contributed by atoms with Crippen molar-refractivity contribution in [1.29, 1.82) is 0 Å². The van der Waals surface area contributed by atoms with Gasteiger partial charge in [-0.25, -0.2) is 8.78 Å². The van der Waals surface area contributed by atoms with E-state index in [1.807, 2.05) is 6.07 Å². The third-order valence-electron chi connectivity index (χ3n) is 2.96. The molecule has 0 amide bonds. The van der Waals surface area contributed by atoms with Crippen molar-refractivity contribution in [3.8, 4) is 0 Å². The summed E-state index contributed by atoms with van der Waals surface area (Å²) in [5.41, 5.74) is 1.65. The Kier molecular flexibility index (Phi) is 3.80. The first-order chi connectivity index (χ1) is 8.91. The fourth-order valence-corrected chi connectivity index (χ4v) is 2.32. The second kappa shape index (κ2) is 5.21. The molecule has 0 aliphatic rings. The Hall–Kier alpha value is -1.55. The largest absolute Gasteiger partial charge is 0.288 e. The molecule has 98 valence electrons. The fourth-order valence-electron chi connectivity index (χ4n) is 2.00. The molecular weight excluding hydrogens is 314 g/mol.